The standard InChI is InChI=1S/C21H28N2O3S/c1-15(16-10-12-18(13-11-16)21(2,3)4)22-20(24)17-8-7-9-19(14-17)23(5)27(6,25)26/h7-15H,1-6H3,(H,22,24). The van der Waals surface area contributed by atoms with Gasteiger partial charge in [0.15, 0.2) is 0 Å². The number of sulfonamides is 1. The molecule has 1 atom stereocenters. The van der Waals surface area contributed by atoms with Gasteiger partial charge in [0, 0.05) is 12.6 Å². The van der Waals surface area contributed by atoms with Gasteiger partial charge in [0.05, 0.1) is 18.0 Å². The number of anilines is 1. The van der Waals surface area contributed by atoms with Crippen LogP contribution in [0.3, 0.4) is 0 Å². The number of nitrogens with zero attached hydrogens (tertiary/aromatic N) is 1. The lowest BCUT2D eigenvalue weighted by Gasteiger charge is -2.21. The van der Waals surface area contributed by atoms with Gasteiger partial charge in [-0.25, -0.2) is 8.42 Å². The van der Waals surface area contributed by atoms with Crippen LogP contribution in [-0.4, -0.2) is 27.6 Å². The summed E-state index contributed by atoms with van der Waals surface area (Å²) < 4.78 is 24.5. The normalized spacial score (nSPS) is 13.1. The third-order valence-electron chi connectivity index (χ3n) is 4.59. The van der Waals surface area contributed by atoms with Crippen LogP contribution >= 0.6 is 0 Å². The molecule has 0 radical (unpaired) electrons. The van der Waals surface area contributed by atoms with Crippen LogP contribution in [0, 0.1) is 0 Å². The number of nitrogens with one attached hydrogen (secondary N) is 1. The topological polar surface area (TPSA) is 66.5 Å². The van der Waals surface area contributed by atoms with E-state index in [1.807, 2.05) is 19.1 Å². The molecule has 0 heterocycles. The van der Waals surface area contributed by atoms with Crippen LogP contribution in [0.4, 0.5) is 5.69 Å². The predicted molar refractivity (Wildman–Crippen MR) is 111 cm³/mol. The van der Waals surface area contributed by atoms with Gasteiger partial charge < -0.3 is 5.32 Å². The Morgan fingerprint density at radius 1 is 1.07 bits per heavy atom. The molecular formula is C21H28N2O3S. The van der Waals surface area contributed by atoms with Gasteiger partial charge in [0.25, 0.3) is 5.91 Å². The molecule has 5 nitrogen and oxygen atoms in total. The van der Waals surface area contributed by atoms with E-state index >= 15 is 0 Å². The fourth-order valence-electron chi connectivity index (χ4n) is 2.67. The molecule has 0 aliphatic heterocycles. The van der Waals surface area contributed by atoms with E-state index < -0.39 is 10.0 Å². The van der Waals surface area contributed by atoms with E-state index in [1.54, 1.807) is 24.3 Å². The number of amides is 1. The molecule has 0 bridgehead atoms. The third kappa shape index (κ3) is 5.32. The summed E-state index contributed by atoms with van der Waals surface area (Å²) in [6.45, 7) is 8.41. The molecule has 0 spiro atoms. The quantitative estimate of drug-likeness (QED) is 0.845. The second-order valence-electron chi connectivity index (χ2n) is 7.85. The minimum absolute atomic E-state index is 0.0805. The summed E-state index contributed by atoms with van der Waals surface area (Å²) in [6, 6.07) is 14.6. The second kappa shape index (κ2) is 7.72. The van der Waals surface area contributed by atoms with Crippen LogP contribution in [0.1, 0.15) is 55.2 Å². The maximum Gasteiger partial charge on any atom is 0.251 e. The molecule has 27 heavy (non-hydrogen) atoms. The lowest BCUT2D eigenvalue weighted by atomic mass is 9.86. The lowest BCUT2D eigenvalue weighted by molar-refractivity contribution is 0.0940. The first kappa shape index (κ1) is 21.0. The van der Waals surface area contributed by atoms with Crippen molar-refractivity contribution in [2.45, 2.75) is 39.2 Å². The second-order valence-corrected chi connectivity index (χ2v) is 9.86. The summed E-state index contributed by atoms with van der Waals surface area (Å²) >= 11 is 0. The van der Waals surface area contributed by atoms with Crippen molar-refractivity contribution in [3.05, 3.63) is 65.2 Å². The number of carbonyl (C=O) groups excluding carboxylic acids is 1. The molecule has 0 fully saturated rings. The Morgan fingerprint density at radius 3 is 2.19 bits per heavy atom. The van der Waals surface area contributed by atoms with Crippen molar-refractivity contribution in [3.8, 4) is 0 Å². The van der Waals surface area contributed by atoms with Crippen molar-refractivity contribution in [3.63, 3.8) is 0 Å². The highest BCUT2D eigenvalue weighted by atomic mass is 32.2. The SMILES string of the molecule is CC(NC(=O)c1cccc(N(C)S(C)(=O)=O)c1)c1ccc(C(C)(C)C)cc1. The molecular weight excluding hydrogens is 360 g/mol. The van der Waals surface area contributed by atoms with Crippen molar-refractivity contribution in [2.75, 3.05) is 17.6 Å². The summed E-state index contributed by atoms with van der Waals surface area (Å²) in [5.74, 6) is -0.244. The zero-order valence-corrected chi connectivity index (χ0v) is 17.6. The van der Waals surface area contributed by atoms with Crippen molar-refractivity contribution in [1.82, 2.24) is 5.32 Å². The summed E-state index contributed by atoms with van der Waals surface area (Å²) in [6.07, 6.45) is 1.13. The minimum Gasteiger partial charge on any atom is -0.346 e. The molecule has 2 aromatic rings. The van der Waals surface area contributed by atoms with E-state index in [1.165, 1.54) is 12.6 Å². The van der Waals surface area contributed by atoms with Gasteiger partial charge in [0.1, 0.15) is 0 Å². The Balaban J connectivity index is 2.15. The monoisotopic (exact) mass is 388 g/mol. The number of hydrogen-bond donors (Lipinski definition) is 1. The molecule has 0 aromatic heterocycles. The van der Waals surface area contributed by atoms with Crippen molar-refractivity contribution in [2.24, 2.45) is 0 Å². The van der Waals surface area contributed by atoms with Gasteiger partial charge in [-0.3, -0.25) is 9.10 Å². The largest absolute Gasteiger partial charge is 0.346 e. The van der Waals surface area contributed by atoms with Crippen LogP contribution in [0.2, 0.25) is 0 Å². The first-order valence-corrected chi connectivity index (χ1v) is 10.7. The Morgan fingerprint density at radius 2 is 1.67 bits per heavy atom. The highest BCUT2D eigenvalue weighted by molar-refractivity contribution is 7.92. The zero-order valence-electron chi connectivity index (χ0n) is 16.8. The Bertz CT molecular complexity index is 913. The predicted octanol–water partition coefficient (Wildman–Crippen LogP) is 3.87. The zero-order chi connectivity index (χ0) is 20.4. The maximum absolute atomic E-state index is 12.6. The number of hydrogen-bond acceptors (Lipinski definition) is 3. The highest BCUT2D eigenvalue weighted by Gasteiger charge is 2.17. The molecule has 2 rings (SSSR count). The van der Waals surface area contributed by atoms with Crippen molar-refractivity contribution in [1.29, 1.82) is 0 Å². The molecule has 2 aromatic carbocycles. The van der Waals surface area contributed by atoms with Gasteiger partial charge >= 0.3 is 0 Å². The fraction of sp³-hybridized carbons (Fsp3) is 0.381. The van der Waals surface area contributed by atoms with Gasteiger partial charge in [-0.15, -0.1) is 0 Å². The molecule has 6 heteroatoms. The summed E-state index contributed by atoms with van der Waals surface area (Å²) in [5, 5.41) is 2.97. The van der Waals surface area contributed by atoms with Crippen molar-refractivity contribution < 1.29 is 13.2 Å². The van der Waals surface area contributed by atoms with Crippen LogP contribution in [0.15, 0.2) is 48.5 Å². The molecule has 1 unspecified atom stereocenters. The average Bonchev–Trinajstić information content (AvgIpc) is 2.59. The van der Waals surface area contributed by atoms with E-state index in [2.05, 4.69) is 38.2 Å². The van der Waals surface area contributed by atoms with Crippen LogP contribution in [-0.2, 0) is 15.4 Å². The van der Waals surface area contributed by atoms with Crippen molar-refractivity contribution >= 4 is 21.6 Å². The van der Waals surface area contributed by atoms with E-state index in [0.717, 1.165) is 16.1 Å². The molecule has 146 valence electrons. The molecule has 1 amide bonds. The van der Waals surface area contributed by atoms with E-state index in [4.69, 9.17) is 0 Å². The van der Waals surface area contributed by atoms with Gasteiger partial charge in [0.2, 0.25) is 10.0 Å². The van der Waals surface area contributed by atoms with E-state index in [0.29, 0.717) is 11.3 Å². The Kier molecular flexibility index (Phi) is 6.00. The van der Waals surface area contributed by atoms with Gasteiger partial charge in [-0.05, 0) is 41.7 Å². The Labute approximate surface area is 162 Å². The number of benzene rings is 2. The first-order chi connectivity index (χ1) is 12.4. The van der Waals surface area contributed by atoms with E-state index in [-0.39, 0.29) is 17.4 Å². The molecule has 0 aliphatic rings. The van der Waals surface area contributed by atoms with Gasteiger partial charge in [-0.1, -0.05) is 51.1 Å². The van der Waals surface area contributed by atoms with Gasteiger partial charge in [-0.2, -0.15) is 0 Å². The number of carbonyl (C=O) groups is 1. The average molecular weight is 389 g/mol. The molecule has 0 aliphatic carbocycles. The summed E-state index contributed by atoms with van der Waals surface area (Å²) in [4.78, 5) is 12.6. The first-order valence-electron chi connectivity index (χ1n) is 8.85. The maximum atomic E-state index is 12.6. The van der Waals surface area contributed by atoms with Crippen LogP contribution in [0.5, 0.6) is 0 Å². The number of rotatable bonds is 5. The highest BCUT2D eigenvalue weighted by Crippen LogP contribution is 2.24. The molecule has 1 N–H and O–H groups in total. The van der Waals surface area contributed by atoms with E-state index in [9.17, 15) is 13.2 Å². The third-order valence-corrected chi connectivity index (χ3v) is 5.80. The van der Waals surface area contributed by atoms with Crippen LogP contribution in [0.25, 0.3) is 0 Å². The Hall–Kier alpha value is -2.34. The lowest BCUT2D eigenvalue weighted by Crippen LogP contribution is -2.28. The minimum atomic E-state index is -3.38. The fourth-order valence-corrected chi connectivity index (χ4v) is 3.17. The smallest absolute Gasteiger partial charge is 0.251 e. The summed E-state index contributed by atoms with van der Waals surface area (Å²) in [5.41, 5.74) is 3.20. The molecule has 0 saturated carbocycles. The molecule has 0 saturated heterocycles. The summed E-state index contributed by atoms with van der Waals surface area (Å²) in [7, 11) is -1.91. The van der Waals surface area contributed by atoms with Crippen LogP contribution < -0.4 is 9.62 Å².